The van der Waals surface area contributed by atoms with Gasteiger partial charge in [0.05, 0.1) is 12.0 Å². The Morgan fingerprint density at radius 3 is 2.47 bits per heavy atom. The third-order valence-corrected chi connectivity index (χ3v) is 6.47. The van der Waals surface area contributed by atoms with Gasteiger partial charge in [-0.2, -0.15) is 16.5 Å². The zero-order valence-electron chi connectivity index (χ0n) is 17.9. The quantitative estimate of drug-likeness (QED) is 0.392. The Morgan fingerprint density at radius 2 is 1.84 bits per heavy atom. The Labute approximate surface area is 192 Å². The molecular formula is C21H27N3O6S2. The van der Waals surface area contributed by atoms with Gasteiger partial charge in [-0.25, -0.2) is 8.42 Å². The molecule has 0 bridgehead atoms. The maximum atomic E-state index is 12.8. The Morgan fingerprint density at radius 1 is 1.12 bits per heavy atom. The summed E-state index contributed by atoms with van der Waals surface area (Å²) in [5.74, 6) is 0.274. The highest BCUT2D eigenvalue weighted by molar-refractivity contribution is 7.98. The topological polar surface area (TPSA) is 137 Å². The van der Waals surface area contributed by atoms with Crippen LogP contribution in [0.15, 0.2) is 53.4 Å². The number of amides is 2. The summed E-state index contributed by atoms with van der Waals surface area (Å²) in [4.78, 5) is 23.8. The number of hydrogen-bond donors (Lipinski definition) is 3. The van der Waals surface area contributed by atoms with Crippen LogP contribution in [-0.2, 0) is 26.2 Å². The number of ether oxygens (including phenoxy) is 2. The number of primary amides is 1. The molecule has 0 saturated carbocycles. The Hall–Kier alpha value is -2.76. The molecule has 4 N–H and O–H groups in total. The van der Waals surface area contributed by atoms with Crippen LogP contribution in [0.4, 0.5) is 0 Å². The van der Waals surface area contributed by atoms with Crippen LogP contribution in [0.1, 0.15) is 12.0 Å². The summed E-state index contributed by atoms with van der Waals surface area (Å²) in [7, 11) is -2.39. The Bertz CT molecular complexity index is 1020. The zero-order chi connectivity index (χ0) is 23.6. The fourth-order valence-electron chi connectivity index (χ4n) is 2.74. The van der Waals surface area contributed by atoms with Gasteiger partial charge < -0.3 is 20.5 Å². The van der Waals surface area contributed by atoms with Gasteiger partial charge in [-0.3, -0.25) is 9.59 Å². The molecule has 1 atom stereocenters. The van der Waals surface area contributed by atoms with Gasteiger partial charge in [0.2, 0.25) is 15.9 Å². The number of carbonyl (C=O) groups is 2. The van der Waals surface area contributed by atoms with E-state index in [-0.39, 0.29) is 18.0 Å². The minimum absolute atomic E-state index is 0.0956. The second-order valence-corrected chi connectivity index (χ2v) is 9.43. The molecule has 174 valence electrons. The van der Waals surface area contributed by atoms with Gasteiger partial charge in [0.15, 0.2) is 18.1 Å². The number of methoxy groups -OCH3 is 1. The van der Waals surface area contributed by atoms with Crippen molar-refractivity contribution in [3.05, 3.63) is 54.1 Å². The molecule has 0 radical (unpaired) electrons. The van der Waals surface area contributed by atoms with E-state index in [1.165, 1.54) is 31.0 Å². The van der Waals surface area contributed by atoms with Crippen molar-refractivity contribution < 1.29 is 27.5 Å². The first-order valence-electron chi connectivity index (χ1n) is 9.69. The second kappa shape index (κ2) is 12.3. The number of rotatable bonds is 13. The molecule has 0 aliphatic carbocycles. The summed E-state index contributed by atoms with van der Waals surface area (Å²) in [6, 6.07) is 11.9. The summed E-state index contributed by atoms with van der Waals surface area (Å²) in [5, 5.41) is 2.76. The molecule has 9 nitrogen and oxygen atoms in total. The average molecular weight is 482 g/mol. The first-order valence-corrected chi connectivity index (χ1v) is 12.6. The lowest BCUT2D eigenvalue weighted by atomic mass is 10.2. The molecule has 0 fully saturated rings. The highest BCUT2D eigenvalue weighted by Gasteiger charge is 2.25. The molecule has 0 aromatic heterocycles. The maximum Gasteiger partial charge on any atom is 0.255 e. The van der Waals surface area contributed by atoms with E-state index in [0.29, 0.717) is 29.2 Å². The van der Waals surface area contributed by atoms with Gasteiger partial charge in [-0.1, -0.05) is 24.3 Å². The van der Waals surface area contributed by atoms with Crippen molar-refractivity contribution >= 4 is 33.6 Å². The molecule has 0 aliphatic rings. The van der Waals surface area contributed by atoms with E-state index in [1.54, 1.807) is 36.4 Å². The molecule has 0 saturated heterocycles. The van der Waals surface area contributed by atoms with E-state index in [0.717, 1.165) is 0 Å². The molecule has 32 heavy (non-hydrogen) atoms. The molecule has 0 heterocycles. The van der Waals surface area contributed by atoms with E-state index in [1.807, 2.05) is 6.26 Å². The minimum atomic E-state index is -3.84. The number of nitrogens with one attached hydrogen (secondary N) is 2. The lowest BCUT2D eigenvalue weighted by Crippen LogP contribution is -2.46. The zero-order valence-corrected chi connectivity index (χ0v) is 19.5. The van der Waals surface area contributed by atoms with Crippen molar-refractivity contribution in [1.82, 2.24) is 10.0 Å². The van der Waals surface area contributed by atoms with E-state index >= 15 is 0 Å². The predicted molar refractivity (Wildman–Crippen MR) is 123 cm³/mol. The van der Waals surface area contributed by atoms with Gasteiger partial charge >= 0.3 is 0 Å². The summed E-state index contributed by atoms with van der Waals surface area (Å²) >= 11 is 1.52. The molecule has 1 unspecified atom stereocenters. The Balaban J connectivity index is 2.07. The fourth-order valence-corrected chi connectivity index (χ4v) is 4.46. The van der Waals surface area contributed by atoms with Crippen molar-refractivity contribution in [3.8, 4) is 11.5 Å². The third-order valence-electron chi connectivity index (χ3n) is 4.34. The van der Waals surface area contributed by atoms with E-state index in [2.05, 4.69) is 10.0 Å². The van der Waals surface area contributed by atoms with Crippen molar-refractivity contribution in [2.24, 2.45) is 5.73 Å². The highest BCUT2D eigenvalue weighted by Crippen LogP contribution is 2.28. The van der Waals surface area contributed by atoms with Crippen LogP contribution in [0.5, 0.6) is 11.5 Å². The normalized spacial score (nSPS) is 12.1. The monoisotopic (exact) mass is 481 g/mol. The van der Waals surface area contributed by atoms with Crippen LogP contribution in [0.3, 0.4) is 0 Å². The summed E-state index contributed by atoms with van der Waals surface area (Å²) in [5.41, 5.74) is 5.79. The van der Waals surface area contributed by atoms with E-state index in [4.69, 9.17) is 15.2 Å². The van der Waals surface area contributed by atoms with Crippen LogP contribution in [0.25, 0.3) is 0 Å². The van der Waals surface area contributed by atoms with Gasteiger partial charge in [0.1, 0.15) is 6.04 Å². The Kier molecular flexibility index (Phi) is 9.82. The molecule has 2 amide bonds. The smallest absolute Gasteiger partial charge is 0.255 e. The van der Waals surface area contributed by atoms with Gasteiger partial charge in [0.25, 0.3) is 5.91 Å². The summed E-state index contributed by atoms with van der Waals surface area (Å²) in [6.45, 7) is -0.140. The molecular weight excluding hydrogens is 454 g/mol. The highest BCUT2D eigenvalue weighted by atomic mass is 32.2. The molecule has 11 heteroatoms. The largest absolute Gasteiger partial charge is 0.493 e. The van der Waals surface area contributed by atoms with Crippen LogP contribution in [0, 0.1) is 0 Å². The first kappa shape index (κ1) is 25.5. The van der Waals surface area contributed by atoms with Crippen molar-refractivity contribution in [1.29, 1.82) is 0 Å². The summed E-state index contributed by atoms with van der Waals surface area (Å²) < 4.78 is 38.3. The molecule has 2 rings (SSSR count). The van der Waals surface area contributed by atoms with Crippen molar-refractivity contribution in [2.75, 3.05) is 25.7 Å². The first-order chi connectivity index (χ1) is 15.3. The molecule has 0 aliphatic heterocycles. The number of nitrogens with two attached hydrogens (primary N) is 1. The van der Waals surface area contributed by atoms with E-state index in [9.17, 15) is 18.0 Å². The van der Waals surface area contributed by atoms with Crippen molar-refractivity contribution in [3.63, 3.8) is 0 Å². The third kappa shape index (κ3) is 7.74. The number of thioether (sulfide) groups is 1. The number of sulfonamides is 1. The van der Waals surface area contributed by atoms with Gasteiger partial charge in [-0.15, -0.1) is 0 Å². The number of carbonyl (C=O) groups excluding carboxylic acids is 2. The molecule has 0 spiro atoms. The van der Waals surface area contributed by atoms with Gasteiger partial charge in [-0.05, 0) is 48.3 Å². The average Bonchev–Trinajstić information content (AvgIpc) is 2.79. The van der Waals surface area contributed by atoms with Gasteiger partial charge in [0, 0.05) is 6.54 Å². The maximum absolute atomic E-state index is 12.8. The van der Waals surface area contributed by atoms with Crippen LogP contribution in [0.2, 0.25) is 0 Å². The molecule has 2 aromatic carbocycles. The summed E-state index contributed by atoms with van der Waals surface area (Å²) in [6.07, 6.45) is 2.22. The lowest BCUT2D eigenvalue weighted by Gasteiger charge is -2.18. The minimum Gasteiger partial charge on any atom is -0.493 e. The lowest BCUT2D eigenvalue weighted by molar-refractivity contribution is -0.123. The standard InChI is InChI=1S/C21H27N3O6S2/c1-29-19-12-15(8-9-18(19)30-14-20(22)25)13-23-21(26)17(10-11-31-2)24-32(27,28)16-6-4-3-5-7-16/h3-9,12,17,24H,10-11,13-14H2,1-2H3,(H2,22,25)(H,23,26). The SMILES string of the molecule is COc1cc(CNC(=O)C(CCSC)NS(=O)(=O)c2ccccc2)ccc1OCC(N)=O. The van der Waals surface area contributed by atoms with E-state index < -0.39 is 27.9 Å². The van der Waals surface area contributed by atoms with Crippen LogP contribution in [-0.4, -0.2) is 52.0 Å². The van der Waals surface area contributed by atoms with Crippen LogP contribution < -0.4 is 25.2 Å². The number of hydrogen-bond acceptors (Lipinski definition) is 7. The number of benzene rings is 2. The fraction of sp³-hybridized carbons (Fsp3) is 0.333. The predicted octanol–water partition coefficient (Wildman–Crippen LogP) is 1.28. The van der Waals surface area contributed by atoms with Crippen molar-refractivity contribution in [2.45, 2.75) is 23.9 Å². The second-order valence-electron chi connectivity index (χ2n) is 6.73. The molecule has 2 aromatic rings. The van der Waals surface area contributed by atoms with Crippen LogP contribution >= 0.6 is 11.8 Å².